The van der Waals surface area contributed by atoms with Crippen molar-refractivity contribution in [2.75, 3.05) is 13.1 Å². The number of nitrogens with one attached hydrogen (secondary N) is 2. The molecule has 24 heavy (non-hydrogen) atoms. The van der Waals surface area contributed by atoms with Gasteiger partial charge in [-0.25, -0.2) is 0 Å². The molecular weight excluding hydrogens is 322 g/mol. The van der Waals surface area contributed by atoms with Gasteiger partial charge in [0, 0.05) is 30.1 Å². The summed E-state index contributed by atoms with van der Waals surface area (Å²) in [5, 5.41) is 4.33. The Morgan fingerprint density at radius 2 is 1.96 bits per heavy atom. The monoisotopic (exact) mass is 349 g/mol. The number of para-hydroxylation sites is 1. The average Bonchev–Trinajstić information content (AvgIpc) is 2.99. The number of H-pyrrole nitrogens is 1. The molecule has 1 aliphatic carbocycles. The van der Waals surface area contributed by atoms with Crippen LogP contribution in [0.1, 0.15) is 44.1 Å². The zero-order valence-corrected chi connectivity index (χ0v) is 15.0. The second-order valence-corrected chi connectivity index (χ2v) is 6.90. The number of carbonyl (C=O) groups excluding carboxylic acids is 1. The lowest BCUT2D eigenvalue weighted by molar-refractivity contribution is -0.123. The van der Waals surface area contributed by atoms with E-state index in [-0.39, 0.29) is 23.7 Å². The molecule has 0 atom stereocenters. The molecule has 0 unspecified atom stereocenters. The van der Waals surface area contributed by atoms with Gasteiger partial charge in [-0.2, -0.15) is 0 Å². The van der Waals surface area contributed by atoms with E-state index in [1.165, 1.54) is 30.2 Å². The molecule has 0 spiro atoms. The van der Waals surface area contributed by atoms with E-state index in [1.54, 1.807) is 0 Å². The molecule has 3 rings (SSSR count). The molecule has 1 aromatic carbocycles. The highest BCUT2D eigenvalue weighted by atomic mass is 35.5. The van der Waals surface area contributed by atoms with Crippen LogP contribution in [-0.2, 0) is 11.2 Å². The first-order valence-electron chi connectivity index (χ1n) is 8.74. The summed E-state index contributed by atoms with van der Waals surface area (Å²) >= 11 is 0. The topological polar surface area (TPSA) is 70.9 Å². The van der Waals surface area contributed by atoms with Gasteiger partial charge >= 0.3 is 0 Å². The molecule has 4 N–H and O–H groups in total. The minimum Gasteiger partial charge on any atom is -0.361 e. The maximum atomic E-state index is 12.3. The van der Waals surface area contributed by atoms with Crippen LogP contribution in [0.5, 0.6) is 0 Å². The molecule has 1 aliphatic rings. The van der Waals surface area contributed by atoms with Crippen molar-refractivity contribution in [2.45, 2.75) is 44.9 Å². The average molecular weight is 350 g/mol. The van der Waals surface area contributed by atoms with Crippen molar-refractivity contribution in [1.82, 2.24) is 10.3 Å². The van der Waals surface area contributed by atoms with Crippen molar-refractivity contribution in [3.8, 4) is 0 Å². The van der Waals surface area contributed by atoms with E-state index in [0.29, 0.717) is 19.5 Å². The summed E-state index contributed by atoms with van der Waals surface area (Å²) < 4.78 is 0. The van der Waals surface area contributed by atoms with Crippen LogP contribution in [0.15, 0.2) is 30.5 Å². The number of nitrogens with two attached hydrogens (primary N) is 1. The van der Waals surface area contributed by atoms with E-state index in [0.717, 1.165) is 24.8 Å². The van der Waals surface area contributed by atoms with Crippen molar-refractivity contribution in [2.24, 2.45) is 11.1 Å². The molecule has 1 fully saturated rings. The standard InChI is InChI=1S/C19H27N3O.ClH/c20-14-19(9-4-1-5-10-19)12-18(23)21-11-8-15-13-22-17-7-3-2-6-16(15)17;/h2-3,6-7,13,22H,1,4-5,8-12,14,20H2,(H,21,23);1H. The lowest BCUT2D eigenvalue weighted by atomic mass is 9.71. The number of benzene rings is 1. The third kappa shape index (κ3) is 4.31. The Labute approximate surface area is 150 Å². The summed E-state index contributed by atoms with van der Waals surface area (Å²) in [7, 11) is 0. The summed E-state index contributed by atoms with van der Waals surface area (Å²) in [6.45, 7) is 1.31. The van der Waals surface area contributed by atoms with Gasteiger partial charge < -0.3 is 16.0 Å². The largest absolute Gasteiger partial charge is 0.361 e. The number of fused-ring (bicyclic) bond motifs is 1. The number of rotatable bonds is 6. The predicted molar refractivity (Wildman–Crippen MR) is 101 cm³/mol. The second kappa shape index (κ2) is 8.54. The highest BCUT2D eigenvalue weighted by Gasteiger charge is 2.32. The van der Waals surface area contributed by atoms with Crippen LogP contribution in [0.25, 0.3) is 10.9 Å². The van der Waals surface area contributed by atoms with Gasteiger partial charge in [0.2, 0.25) is 5.91 Å². The third-order valence-electron chi connectivity index (χ3n) is 5.27. The van der Waals surface area contributed by atoms with Crippen molar-refractivity contribution >= 4 is 29.2 Å². The summed E-state index contributed by atoms with van der Waals surface area (Å²) in [4.78, 5) is 15.6. The van der Waals surface area contributed by atoms with Crippen LogP contribution in [0.2, 0.25) is 0 Å². The smallest absolute Gasteiger partial charge is 0.220 e. The molecule has 0 bridgehead atoms. The highest BCUT2D eigenvalue weighted by Crippen LogP contribution is 2.38. The van der Waals surface area contributed by atoms with E-state index < -0.39 is 0 Å². The van der Waals surface area contributed by atoms with Gasteiger partial charge in [0.25, 0.3) is 0 Å². The lowest BCUT2D eigenvalue weighted by Crippen LogP contribution is -2.39. The van der Waals surface area contributed by atoms with Crippen molar-refractivity contribution < 1.29 is 4.79 Å². The van der Waals surface area contributed by atoms with Crippen molar-refractivity contribution in [3.63, 3.8) is 0 Å². The maximum Gasteiger partial charge on any atom is 0.220 e. The Bertz CT molecular complexity index is 661. The molecule has 1 aromatic heterocycles. The first kappa shape index (κ1) is 18.8. The van der Waals surface area contributed by atoms with Crippen molar-refractivity contribution in [3.05, 3.63) is 36.0 Å². The van der Waals surface area contributed by atoms with Gasteiger partial charge in [-0.1, -0.05) is 37.5 Å². The lowest BCUT2D eigenvalue weighted by Gasteiger charge is -2.35. The number of amides is 1. The van der Waals surface area contributed by atoms with Crippen LogP contribution < -0.4 is 11.1 Å². The number of hydrogen-bond acceptors (Lipinski definition) is 2. The number of aromatic amines is 1. The molecule has 0 radical (unpaired) electrons. The number of aromatic nitrogens is 1. The van der Waals surface area contributed by atoms with E-state index in [1.807, 2.05) is 18.3 Å². The quantitative estimate of drug-likeness (QED) is 0.746. The molecule has 4 nitrogen and oxygen atoms in total. The fourth-order valence-electron chi connectivity index (χ4n) is 3.83. The molecule has 5 heteroatoms. The van der Waals surface area contributed by atoms with Gasteiger partial charge in [0.1, 0.15) is 0 Å². The first-order valence-corrected chi connectivity index (χ1v) is 8.74. The zero-order valence-electron chi connectivity index (χ0n) is 14.1. The molecule has 132 valence electrons. The van der Waals surface area contributed by atoms with Crippen LogP contribution in [0, 0.1) is 5.41 Å². The van der Waals surface area contributed by atoms with Gasteiger partial charge in [-0.05, 0) is 42.9 Å². The molecule has 1 amide bonds. The minimum absolute atomic E-state index is 0. The molecule has 1 heterocycles. The molecular formula is C19H28ClN3O. The fourth-order valence-corrected chi connectivity index (χ4v) is 3.83. The van der Waals surface area contributed by atoms with E-state index in [9.17, 15) is 4.79 Å². The fraction of sp³-hybridized carbons (Fsp3) is 0.526. The van der Waals surface area contributed by atoms with Crippen LogP contribution >= 0.6 is 12.4 Å². The number of carbonyl (C=O) groups is 1. The van der Waals surface area contributed by atoms with Gasteiger partial charge in [-0.3, -0.25) is 4.79 Å². The SMILES string of the molecule is Cl.NCC1(CC(=O)NCCc2c[nH]c3ccccc23)CCCCC1. The predicted octanol–water partition coefficient (Wildman–Crippen LogP) is 3.55. The van der Waals surface area contributed by atoms with E-state index in [4.69, 9.17) is 5.73 Å². The Balaban J connectivity index is 0.00000208. The van der Waals surface area contributed by atoms with Crippen LogP contribution in [-0.4, -0.2) is 24.0 Å². The molecule has 0 aliphatic heterocycles. The number of halogens is 1. The minimum atomic E-state index is 0. The number of hydrogen-bond donors (Lipinski definition) is 3. The summed E-state index contributed by atoms with van der Waals surface area (Å²) in [6.07, 6.45) is 9.37. The Kier molecular flexibility index (Phi) is 6.69. The Morgan fingerprint density at radius 1 is 1.21 bits per heavy atom. The Morgan fingerprint density at radius 3 is 2.71 bits per heavy atom. The zero-order chi connectivity index (χ0) is 16.1. The molecule has 2 aromatic rings. The van der Waals surface area contributed by atoms with Gasteiger partial charge in [0.15, 0.2) is 0 Å². The molecule has 0 saturated heterocycles. The van der Waals surface area contributed by atoms with Gasteiger partial charge in [-0.15, -0.1) is 12.4 Å². The second-order valence-electron chi connectivity index (χ2n) is 6.90. The maximum absolute atomic E-state index is 12.3. The molecule has 1 saturated carbocycles. The first-order chi connectivity index (χ1) is 11.2. The Hall–Kier alpha value is -1.52. The van der Waals surface area contributed by atoms with Crippen LogP contribution in [0.4, 0.5) is 0 Å². The normalized spacial score (nSPS) is 16.5. The van der Waals surface area contributed by atoms with Gasteiger partial charge in [0.05, 0.1) is 0 Å². The van der Waals surface area contributed by atoms with E-state index >= 15 is 0 Å². The summed E-state index contributed by atoms with van der Waals surface area (Å²) in [6, 6.07) is 8.27. The van der Waals surface area contributed by atoms with E-state index in [2.05, 4.69) is 22.4 Å². The summed E-state index contributed by atoms with van der Waals surface area (Å²) in [5.41, 5.74) is 8.42. The van der Waals surface area contributed by atoms with Crippen molar-refractivity contribution in [1.29, 1.82) is 0 Å². The van der Waals surface area contributed by atoms with Crippen LogP contribution in [0.3, 0.4) is 0 Å². The third-order valence-corrected chi connectivity index (χ3v) is 5.27. The summed E-state index contributed by atoms with van der Waals surface area (Å²) in [5.74, 6) is 0.150. The highest BCUT2D eigenvalue weighted by molar-refractivity contribution is 5.85.